The van der Waals surface area contributed by atoms with E-state index in [1.54, 1.807) is 6.07 Å². The van der Waals surface area contributed by atoms with Crippen molar-refractivity contribution >= 4 is 5.91 Å². The number of furan rings is 1. The number of nitrogens with one attached hydrogen (secondary N) is 1. The van der Waals surface area contributed by atoms with Crippen LogP contribution in [-0.2, 0) is 4.74 Å². The molecule has 0 saturated carbocycles. The average molecular weight is 280 g/mol. The van der Waals surface area contributed by atoms with Crippen molar-refractivity contribution < 1.29 is 13.9 Å². The van der Waals surface area contributed by atoms with Crippen molar-refractivity contribution in [2.24, 2.45) is 0 Å². The summed E-state index contributed by atoms with van der Waals surface area (Å²) >= 11 is 0. The summed E-state index contributed by atoms with van der Waals surface area (Å²) < 4.78 is 10.7. The van der Waals surface area contributed by atoms with Crippen molar-refractivity contribution in [1.29, 1.82) is 0 Å². The highest BCUT2D eigenvalue weighted by molar-refractivity contribution is 5.93. The molecule has 5 nitrogen and oxygen atoms in total. The van der Waals surface area contributed by atoms with E-state index in [4.69, 9.17) is 9.15 Å². The molecular formula is C15H24N2O3. The fourth-order valence-corrected chi connectivity index (χ4v) is 2.58. The molecule has 1 N–H and O–H groups in total. The normalized spacial score (nSPS) is 24.6. The summed E-state index contributed by atoms with van der Waals surface area (Å²) in [5.41, 5.74) is 0.454. The van der Waals surface area contributed by atoms with Crippen LogP contribution in [0.25, 0.3) is 0 Å². The summed E-state index contributed by atoms with van der Waals surface area (Å²) in [5, 5.41) is 2.97. The maximum atomic E-state index is 11.9. The van der Waals surface area contributed by atoms with Gasteiger partial charge in [-0.05, 0) is 33.8 Å². The maximum absolute atomic E-state index is 11.9. The molecular weight excluding hydrogens is 256 g/mol. The van der Waals surface area contributed by atoms with Gasteiger partial charge in [-0.15, -0.1) is 0 Å². The molecule has 1 aromatic heterocycles. The van der Waals surface area contributed by atoms with Crippen LogP contribution in [-0.4, -0.2) is 48.2 Å². The minimum atomic E-state index is -0.105. The van der Waals surface area contributed by atoms with Crippen LogP contribution >= 0.6 is 0 Å². The van der Waals surface area contributed by atoms with Crippen molar-refractivity contribution in [3.8, 4) is 0 Å². The van der Waals surface area contributed by atoms with Gasteiger partial charge in [0.05, 0.1) is 24.0 Å². The molecule has 2 unspecified atom stereocenters. The number of carbonyl (C=O) groups excluding carboxylic acids is 1. The largest absolute Gasteiger partial charge is 0.472 e. The molecule has 0 aliphatic carbocycles. The number of amides is 1. The summed E-state index contributed by atoms with van der Waals surface area (Å²) in [6.07, 6.45) is 3.41. The van der Waals surface area contributed by atoms with Gasteiger partial charge in [-0.1, -0.05) is 0 Å². The predicted octanol–water partition coefficient (Wildman–Crippen LogP) is 1.90. The van der Waals surface area contributed by atoms with Gasteiger partial charge < -0.3 is 14.5 Å². The summed E-state index contributed by atoms with van der Waals surface area (Å²) in [5.74, 6) is -0.0961. The number of carbonyl (C=O) groups is 1. The molecule has 1 aliphatic rings. The minimum absolute atomic E-state index is 0.0961. The first kappa shape index (κ1) is 15.1. The third-order valence-corrected chi connectivity index (χ3v) is 3.74. The predicted molar refractivity (Wildman–Crippen MR) is 76.7 cm³/mol. The molecule has 1 aromatic rings. The Kier molecular flexibility index (Phi) is 4.50. The van der Waals surface area contributed by atoms with Gasteiger partial charge in [-0.3, -0.25) is 9.69 Å². The number of ether oxygens (including phenoxy) is 1. The molecule has 5 heteroatoms. The minimum Gasteiger partial charge on any atom is -0.472 e. The van der Waals surface area contributed by atoms with Gasteiger partial charge in [-0.2, -0.15) is 0 Å². The average Bonchev–Trinajstić information content (AvgIpc) is 2.88. The number of hydrogen-bond donors (Lipinski definition) is 1. The highest BCUT2D eigenvalue weighted by Gasteiger charge is 2.33. The highest BCUT2D eigenvalue weighted by atomic mass is 16.5. The van der Waals surface area contributed by atoms with E-state index in [0.29, 0.717) is 12.1 Å². The third-order valence-electron chi connectivity index (χ3n) is 3.74. The van der Waals surface area contributed by atoms with Crippen LogP contribution in [0.2, 0.25) is 0 Å². The van der Waals surface area contributed by atoms with Crippen LogP contribution in [0.15, 0.2) is 23.0 Å². The molecule has 1 saturated heterocycles. The van der Waals surface area contributed by atoms with Crippen LogP contribution in [0, 0.1) is 0 Å². The molecule has 0 bridgehead atoms. The van der Waals surface area contributed by atoms with E-state index in [9.17, 15) is 4.79 Å². The molecule has 0 radical (unpaired) electrons. The molecule has 1 amide bonds. The smallest absolute Gasteiger partial charge is 0.254 e. The highest BCUT2D eigenvalue weighted by Crippen LogP contribution is 2.20. The lowest BCUT2D eigenvalue weighted by Gasteiger charge is -2.45. The zero-order chi connectivity index (χ0) is 14.8. The zero-order valence-corrected chi connectivity index (χ0v) is 12.7. The zero-order valence-electron chi connectivity index (χ0n) is 12.7. The standard InChI is InChI=1S/C15H24N2O3/c1-11-7-17(8-12(2)20-11)15(3,4)10-16-14(18)13-5-6-19-9-13/h5-6,9,11-12H,7-8,10H2,1-4H3,(H,16,18). The van der Waals surface area contributed by atoms with E-state index in [0.717, 1.165) is 13.1 Å². The second kappa shape index (κ2) is 5.97. The molecule has 0 spiro atoms. The van der Waals surface area contributed by atoms with Gasteiger partial charge in [0.25, 0.3) is 5.91 Å². The number of rotatable bonds is 4. The van der Waals surface area contributed by atoms with Crippen LogP contribution < -0.4 is 5.32 Å². The fourth-order valence-electron chi connectivity index (χ4n) is 2.58. The van der Waals surface area contributed by atoms with Crippen LogP contribution in [0.4, 0.5) is 0 Å². The quantitative estimate of drug-likeness (QED) is 0.915. The summed E-state index contributed by atoms with van der Waals surface area (Å²) in [7, 11) is 0. The molecule has 2 atom stereocenters. The van der Waals surface area contributed by atoms with Crippen molar-refractivity contribution in [2.75, 3.05) is 19.6 Å². The van der Waals surface area contributed by atoms with Crippen molar-refractivity contribution in [2.45, 2.75) is 45.4 Å². The van der Waals surface area contributed by atoms with Crippen molar-refractivity contribution in [1.82, 2.24) is 10.2 Å². The molecule has 1 aliphatic heterocycles. The Morgan fingerprint density at radius 1 is 1.40 bits per heavy atom. The Balaban J connectivity index is 1.91. The number of morpholine rings is 1. The lowest BCUT2D eigenvalue weighted by Crippen LogP contribution is -2.58. The Hall–Kier alpha value is -1.33. The number of hydrogen-bond acceptors (Lipinski definition) is 4. The Morgan fingerprint density at radius 2 is 2.05 bits per heavy atom. The summed E-state index contributed by atoms with van der Waals surface area (Å²) in [6.45, 7) is 10.8. The van der Waals surface area contributed by atoms with E-state index in [1.807, 2.05) is 0 Å². The second-order valence-corrected chi connectivity index (χ2v) is 6.17. The van der Waals surface area contributed by atoms with E-state index >= 15 is 0 Å². The lowest BCUT2D eigenvalue weighted by molar-refractivity contribution is -0.0948. The second-order valence-electron chi connectivity index (χ2n) is 6.17. The first-order valence-corrected chi connectivity index (χ1v) is 7.09. The van der Waals surface area contributed by atoms with E-state index in [1.165, 1.54) is 12.5 Å². The van der Waals surface area contributed by atoms with E-state index < -0.39 is 0 Å². The van der Waals surface area contributed by atoms with Crippen molar-refractivity contribution in [3.05, 3.63) is 24.2 Å². The first-order chi connectivity index (χ1) is 9.38. The molecule has 0 aromatic carbocycles. The molecule has 1 fully saturated rings. The van der Waals surface area contributed by atoms with Gasteiger partial charge in [0, 0.05) is 25.2 Å². The SMILES string of the molecule is CC1CN(C(C)(C)CNC(=O)c2ccoc2)CC(C)O1. The molecule has 112 valence electrons. The van der Waals surface area contributed by atoms with Gasteiger partial charge in [-0.25, -0.2) is 0 Å². The van der Waals surface area contributed by atoms with Gasteiger partial charge >= 0.3 is 0 Å². The van der Waals surface area contributed by atoms with E-state index in [-0.39, 0.29) is 23.7 Å². The molecule has 20 heavy (non-hydrogen) atoms. The number of nitrogens with zero attached hydrogens (tertiary/aromatic N) is 1. The van der Waals surface area contributed by atoms with Crippen LogP contribution in [0.5, 0.6) is 0 Å². The van der Waals surface area contributed by atoms with Gasteiger partial charge in [0.1, 0.15) is 6.26 Å². The first-order valence-electron chi connectivity index (χ1n) is 7.09. The summed E-state index contributed by atoms with van der Waals surface area (Å²) in [4.78, 5) is 14.3. The third kappa shape index (κ3) is 3.61. The van der Waals surface area contributed by atoms with Crippen LogP contribution in [0.3, 0.4) is 0 Å². The molecule has 2 heterocycles. The lowest BCUT2D eigenvalue weighted by atomic mass is 10.00. The topological polar surface area (TPSA) is 54.7 Å². The Bertz CT molecular complexity index is 432. The summed E-state index contributed by atoms with van der Waals surface area (Å²) in [6, 6.07) is 1.67. The molecule has 2 rings (SSSR count). The van der Waals surface area contributed by atoms with Crippen LogP contribution in [0.1, 0.15) is 38.1 Å². The maximum Gasteiger partial charge on any atom is 0.254 e. The van der Waals surface area contributed by atoms with Crippen molar-refractivity contribution in [3.63, 3.8) is 0 Å². The fraction of sp³-hybridized carbons (Fsp3) is 0.667. The van der Waals surface area contributed by atoms with E-state index in [2.05, 4.69) is 37.9 Å². The van der Waals surface area contributed by atoms with Gasteiger partial charge in [0.15, 0.2) is 0 Å². The monoisotopic (exact) mass is 280 g/mol. The Morgan fingerprint density at radius 3 is 2.60 bits per heavy atom. The van der Waals surface area contributed by atoms with Gasteiger partial charge in [0.2, 0.25) is 0 Å². The Labute approximate surface area is 120 Å².